The van der Waals surface area contributed by atoms with Gasteiger partial charge in [-0.2, -0.15) is 0 Å². The summed E-state index contributed by atoms with van der Waals surface area (Å²) in [4.78, 5) is 29.7. The summed E-state index contributed by atoms with van der Waals surface area (Å²) >= 11 is 0. The summed E-state index contributed by atoms with van der Waals surface area (Å²) in [5, 5.41) is 2.72. The molecule has 7 nitrogen and oxygen atoms in total. The van der Waals surface area contributed by atoms with Gasteiger partial charge in [-0.25, -0.2) is 13.8 Å². The summed E-state index contributed by atoms with van der Waals surface area (Å²) in [5.41, 5.74) is 4.99. The summed E-state index contributed by atoms with van der Waals surface area (Å²) < 4.78 is 32.3. The van der Waals surface area contributed by atoms with Crippen molar-refractivity contribution in [3.63, 3.8) is 0 Å². The van der Waals surface area contributed by atoms with Gasteiger partial charge in [-0.3, -0.25) is 9.59 Å². The first-order chi connectivity index (χ1) is 13.0. The van der Waals surface area contributed by atoms with Crippen LogP contribution in [0.2, 0.25) is 0 Å². The number of hydrogen-bond donors (Lipinski definition) is 2. The maximum atomic E-state index is 13.3. The van der Waals surface area contributed by atoms with E-state index in [-0.39, 0.29) is 5.69 Å². The van der Waals surface area contributed by atoms with E-state index in [9.17, 15) is 18.4 Å². The summed E-state index contributed by atoms with van der Waals surface area (Å²) in [6, 6.07) is 0.942. The molecule has 1 unspecified atom stereocenters. The molecule has 0 spiro atoms. The smallest absolute Gasteiger partial charge is 0.282 e. The largest absolute Gasteiger partial charge is 0.491 e. The molecule has 3 rings (SSSR count). The third kappa shape index (κ3) is 4.34. The zero-order chi connectivity index (χ0) is 20.7. The van der Waals surface area contributed by atoms with Gasteiger partial charge in [-0.15, -0.1) is 0 Å². The van der Waals surface area contributed by atoms with Crippen molar-refractivity contribution in [2.45, 2.75) is 45.6 Å². The fourth-order valence-electron chi connectivity index (χ4n) is 2.75. The fourth-order valence-corrected chi connectivity index (χ4v) is 2.75. The van der Waals surface area contributed by atoms with E-state index in [0.29, 0.717) is 24.0 Å². The summed E-state index contributed by atoms with van der Waals surface area (Å²) in [6.45, 7) is 4.65. The minimum Gasteiger partial charge on any atom is -0.491 e. The normalized spacial score (nSPS) is 19.5. The van der Waals surface area contributed by atoms with Crippen LogP contribution >= 0.6 is 0 Å². The van der Waals surface area contributed by atoms with Crippen LogP contribution in [0.3, 0.4) is 0 Å². The van der Waals surface area contributed by atoms with Crippen molar-refractivity contribution < 1.29 is 23.1 Å². The van der Waals surface area contributed by atoms with Crippen LogP contribution in [0.4, 0.5) is 14.5 Å². The van der Waals surface area contributed by atoms with Crippen LogP contribution in [0, 0.1) is 11.3 Å². The zero-order valence-corrected chi connectivity index (χ0v) is 16.3. The second-order valence-electron chi connectivity index (χ2n) is 8.28. The lowest BCUT2D eigenvalue weighted by Gasteiger charge is -2.40. The molecule has 3 N–H and O–H groups in total. The number of nitrogens with one attached hydrogen (secondary N) is 1. The van der Waals surface area contributed by atoms with Gasteiger partial charge in [0.05, 0.1) is 37.0 Å². The first kappa shape index (κ1) is 20.3. The number of primary amides is 1. The number of hydrogen-bond acceptors (Lipinski definition) is 5. The van der Waals surface area contributed by atoms with Crippen LogP contribution in [0.15, 0.2) is 12.3 Å². The molecule has 1 aromatic heterocycles. The zero-order valence-electron chi connectivity index (χ0n) is 16.3. The molecule has 0 radical (unpaired) electrons. The fraction of sp³-hybridized carbons (Fsp3) is 0.632. The number of rotatable bonds is 8. The molecule has 2 aliphatic rings. The quantitative estimate of drug-likeness (QED) is 0.700. The molecular weight excluding hydrogens is 370 g/mol. The van der Waals surface area contributed by atoms with Gasteiger partial charge in [0.1, 0.15) is 11.4 Å². The van der Waals surface area contributed by atoms with Crippen LogP contribution in [-0.2, 0) is 4.79 Å². The molecule has 2 fully saturated rings. The van der Waals surface area contributed by atoms with Crippen LogP contribution in [0.5, 0.6) is 5.75 Å². The minimum absolute atomic E-state index is 0.0916. The van der Waals surface area contributed by atoms with Crippen molar-refractivity contribution in [3.05, 3.63) is 18.0 Å². The third-order valence-corrected chi connectivity index (χ3v) is 5.50. The molecule has 1 saturated heterocycles. The first-order valence-corrected chi connectivity index (χ1v) is 9.36. The highest BCUT2D eigenvalue weighted by Crippen LogP contribution is 2.38. The van der Waals surface area contributed by atoms with E-state index in [1.807, 2.05) is 0 Å². The molecule has 9 heteroatoms. The number of anilines is 1. The Balaban J connectivity index is 1.76. The minimum atomic E-state index is -2.72. The SMILES string of the molecule is CC(NC(=O)c1cc(OCC2CC2)c(N2CC(F)(F)C2)cn1)C(C)(C)C(N)=O. The number of pyridine rings is 1. The lowest BCUT2D eigenvalue weighted by molar-refractivity contribution is -0.127. The molecule has 2 amide bonds. The average Bonchev–Trinajstić information content (AvgIpc) is 3.41. The third-order valence-electron chi connectivity index (χ3n) is 5.50. The van der Waals surface area contributed by atoms with Gasteiger partial charge in [0.2, 0.25) is 5.91 Å². The molecule has 0 aromatic carbocycles. The van der Waals surface area contributed by atoms with Gasteiger partial charge >= 0.3 is 0 Å². The van der Waals surface area contributed by atoms with Crippen molar-refractivity contribution in [2.75, 3.05) is 24.6 Å². The second kappa shape index (κ2) is 7.18. The number of amides is 2. The molecule has 1 aromatic rings. The van der Waals surface area contributed by atoms with E-state index < -0.39 is 42.3 Å². The Morgan fingerprint density at radius 1 is 1.43 bits per heavy atom. The van der Waals surface area contributed by atoms with E-state index in [1.54, 1.807) is 20.8 Å². The van der Waals surface area contributed by atoms with Gasteiger partial charge in [0, 0.05) is 12.1 Å². The second-order valence-corrected chi connectivity index (χ2v) is 8.28. The molecule has 1 aliphatic carbocycles. The lowest BCUT2D eigenvalue weighted by atomic mass is 9.84. The van der Waals surface area contributed by atoms with Crippen LogP contribution in [0.25, 0.3) is 0 Å². The standard InChI is InChI=1S/C19H26F2N4O3/c1-11(18(2,3)17(22)27)24-16(26)13-6-15(28-8-12-4-5-12)14(7-23-13)25-9-19(20,21)10-25/h6-7,11-12H,4-5,8-10H2,1-3H3,(H2,22,27)(H,24,26). The monoisotopic (exact) mass is 396 g/mol. The Labute approximate surface area is 162 Å². The summed E-state index contributed by atoms with van der Waals surface area (Å²) in [7, 11) is 0. The van der Waals surface area contributed by atoms with E-state index in [2.05, 4.69) is 10.3 Å². The molecule has 1 atom stereocenters. The van der Waals surface area contributed by atoms with Gasteiger partial charge in [-0.05, 0) is 39.5 Å². The highest BCUT2D eigenvalue weighted by atomic mass is 19.3. The number of halogens is 2. The highest BCUT2D eigenvalue weighted by Gasteiger charge is 2.45. The number of aromatic nitrogens is 1. The van der Waals surface area contributed by atoms with Crippen molar-refractivity contribution in [1.29, 1.82) is 0 Å². The highest BCUT2D eigenvalue weighted by molar-refractivity contribution is 5.94. The van der Waals surface area contributed by atoms with E-state index >= 15 is 0 Å². The molecule has 1 saturated carbocycles. The number of nitrogens with zero attached hydrogens (tertiary/aromatic N) is 2. The molecule has 2 heterocycles. The van der Waals surface area contributed by atoms with Crippen molar-refractivity contribution in [1.82, 2.24) is 10.3 Å². The Kier molecular flexibility index (Phi) is 5.20. The number of ether oxygens (including phenoxy) is 1. The van der Waals surface area contributed by atoms with E-state index in [4.69, 9.17) is 10.5 Å². The summed E-state index contributed by atoms with van der Waals surface area (Å²) in [6.07, 6.45) is 3.54. The maximum absolute atomic E-state index is 13.3. The predicted molar refractivity (Wildman–Crippen MR) is 99.5 cm³/mol. The molecule has 28 heavy (non-hydrogen) atoms. The summed E-state index contributed by atoms with van der Waals surface area (Å²) in [5.74, 6) is -2.91. The van der Waals surface area contributed by atoms with Crippen molar-refractivity contribution in [2.24, 2.45) is 17.1 Å². The van der Waals surface area contributed by atoms with Gasteiger partial charge in [0.25, 0.3) is 11.8 Å². The van der Waals surface area contributed by atoms with Gasteiger partial charge in [0.15, 0.2) is 0 Å². The van der Waals surface area contributed by atoms with Gasteiger partial charge < -0.3 is 20.7 Å². The number of carbonyl (C=O) groups excluding carboxylic acids is 2. The Hall–Kier alpha value is -2.45. The van der Waals surface area contributed by atoms with E-state index in [1.165, 1.54) is 17.2 Å². The number of nitrogens with two attached hydrogens (primary N) is 1. The Bertz CT molecular complexity index is 772. The lowest BCUT2D eigenvalue weighted by Crippen LogP contribution is -2.56. The Morgan fingerprint density at radius 3 is 2.61 bits per heavy atom. The number of alkyl halides is 2. The molecular formula is C19H26F2N4O3. The van der Waals surface area contributed by atoms with Gasteiger partial charge in [-0.1, -0.05) is 0 Å². The maximum Gasteiger partial charge on any atom is 0.282 e. The molecule has 0 bridgehead atoms. The molecule has 1 aliphatic heterocycles. The first-order valence-electron chi connectivity index (χ1n) is 9.36. The van der Waals surface area contributed by atoms with Crippen LogP contribution in [-0.4, -0.2) is 48.5 Å². The predicted octanol–water partition coefficient (Wildman–Crippen LogP) is 1.96. The van der Waals surface area contributed by atoms with Crippen molar-refractivity contribution in [3.8, 4) is 5.75 Å². The van der Waals surface area contributed by atoms with E-state index in [0.717, 1.165) is 12.8 Å². The number of carbonyl (C=O) groups is 2. The van der Waals surface area contributed by atoms with Crippen LogP contribution in [0.1, 0.15) is 44.1 Å². The van der Waals surface area contributed by atoms with Crippen LogP contribution < -0.4 is 20.7 Å². The molecule has 154 valence electrons. The Morgan fingerprint density at radius 2 is 2.07 bits per heavy atom. The topological polar surface area (TPSA) is 97.6 Å². The average molecular weight is 396 g/mol. The van der Waals surface area contributed by atoms with Crippen molar-refractivity contribution >= 4 is 17.5 Å².